The van der Waals surface area contributed by atoms with Crippen molar-refractivity contribution in [3.63, 3.8) is 0 Å². The van der Waals surface area contributed by atoms with Crippen LogP contribution in [0.2, 0.25) is 0 Å². The van der Waals surface area contributed by atoms with Crippen LogP contribution in [0, 0.1) is 11.3 Å². The van der Waals surface area contributed by atoms with Crippen LogP contribution in [0.3, 0.4) is 0 Å². The first kappa shape index (κ1) is 11.8. The van der Waals surface area contributed by atoms with Crippen molar-refractivity contribution in [3.8, 4) is 23.2 Å². The largest absolute Gasteiger partial charge is 0.481 e. The third kappa shape index (κ3) is 2.06. The van der Waals surface area contributed by atoms with E-state index in [-0.39, 0.29) is 0 Å². The lowest BCUT2D eigenvalue weighted by molar-refractivity contribution is 0.399. The van der Waals surface area contributed by atoms with Crippen molar-refractivity contribution < 1.29 is 4.74 Å². The summed E-state index contributed by atoms with van der Waals surface area (Å²) in [5.41, 5.74) is 1.54. The Morgan fingerprint density at radius 1 is 1.39 bits per heavy atom. The molecule has 0 aromatic carbocycles. The Balaban J connectivity index is 2.65. The molecule has 0 saturated heterocycles. The minimum Gasteiger partial charge on any atom is -0.481 e. The van der Waals surface area contributed by atoms with Gasteiger partial charge in [-0.05, 0) is 12.1 Å². The zero-order valence-electron chi connectivity index (χ0n) is 10.0. The summed E-state index contributed by atoms with van der Waals surface area (Å²) in [6.07, 6.45) is 3.09. The van der Waals surface area contributed by atoms with Gasteiger partial charge in [0.1, 0.15) is 6.07 Å². The van der Waals surface area contributed by atoms with Crippen molar-refractivity contribution in [2.75, 3.05) is 19.5 Å². The van der Waals surface area contributed by atoms with E-state index in [0.717, 1.165) is 0 Å². The number of methoxy groups -OCH3 is 1. The molecule has 6 nitrogen and oxygen atoms in total. The fourth-order valence-corrected chi connectivity index (χ4v) is 1.52. The molecule has 0 aliphatic rings. The highest BCUT2D eigenvalue weighted by Crippen LogP contribution is 2.28. The molecule has 0 spiro atoms. The SMILES string of the molecule is CNc1ncc(C#N)c(-c2cccnc2OC)n1. The number of pyridine rings is 1. The minimum absolute atomic E-state index is 0.375. The van der Waals surface area contributed by atoms with Crippen molar-refractivity contribution in [2.24, 2.45) is 0 Å². The third-order valence-electron chi connectivity index (χ3n) is 2.35. The minimum atomic E-state index is 0.375. The van der Waals surface area contributed by atoms with Crippen LogP contribution in [-0.4, -0.2) is 29.1 Å². The van der Waals surface area contributed by atoms with Gasteiger partial charge in [-0.1, -0.05) is 0 Å². The maximum absolute atomic E-state index is 9.10. The zero-order valence-corrected chi connectivity index (χ0v) is 10.0. The molecular weight excluding hydrogens is 230 g/mol. The van der Waals surface area contributed by atoms with Crippen molar-refractivity contribution in [3.05, 3.63) is 30.1 Å². The van der Waals surface area contributed by atoms with Gasteiger partial charge in [0.15, 0.2) is 0 Å². The molecular formula is C12H11N5O. The van der Waals surface area contributed by atoms with Crippen LogP contribution in [0.4, 0.5) is 5.95 Å². The number of hydrogen-bond acceptors (Lipinski definition) is 6. The van der Waals surface area contributed by atoms with Crippen molar-refractivity contribution in [1.82, 2.24) is 15.0 Å². The average Bonchev–Trinajstić information content (AvgIpc) is 2.46. The van der Waals surface area contributed by atoms with E-state index >= 15 is 0 Å². The van der Waals surface area contributed by atoms with Gasteiger partial charge in [-0.3, -0.25) is 0 Å². The summed E-state index contributed by atoms with van der Waals surface area (Å²) in [5, 5.41) is 11.9. The summed E-state index contributed by atoms with van der Waals surface area (Å²) in [4.78, 5) is 12.4. The fraction of sp³-hybridized carbons (Fsp3) is 0.167. The lowest BCUT2D eigenvalue weighted by atomic mass is 10.1. The molecule has 2 rings (SSSR count). The number of nitrogens with one attached hydrogen (secondary N) is 1. The van der Waals surface area contributed by atoms with Crippen LogP contribution in [0.1, 0.15) is 5.56 Å². The molecule has 2 aromatic heterocycles. The lowest BCUT2D eigenvalue weighted by Crippen LogP contribution is -2.01. The second-order valence-corrected chi connectivity index (χ2v) is 3.38. The van der Waals surface area contributed by atoms with Crippen LogP contribution < -0.4 is 10.1 Å². The van der Waals surface area contributed by atoms with Gasteiger partial charge in [-0.25, -0.2) is 15.0 Å². The number of rotatable bonds is 3. The predicted octanol–water partition coefficient (Wildman–Crippen LogP) is 1.46. The highest BCUT2D eigenvalue weighted by Gasteiger charge is 2.14. The molecule has 90 valence electrons. The monoisotopic (exact) mass is 241 g/mol. The zero-order chi connectivity index (χ0) is 13.0. The summed E-state index contributed by atoms with van der Waals surface area (Å²) < 4.78 is 5.17. The Labute approximate surface area is 104 Å². The molecule has 2 heterocycles. The van der Waals surface area contributed by atoms with E-state index in [1.54, 1.807) is 25.4 Å². The van der Waals surface area contributed by atoms with E-state index in [1.165, 1.54) is 13.3 Å². The normalized spacial score (nSPS) is 9.61. The van der Waals surface area contributed by atoms with Crippen molar-refractivity contribution >= 4 is 5.95 Å². The van der Waals surface area contributed by atoms with Gasteiger partial charge in [0.25, 0.3) is 0 Å². The summed E-state index contributed by atoms with van der Waals surface area (Å²) in [6, 6.07) is 5.62. The van der Waals surface area contributed by atoms with E-state index in [9.17, 15) is 0 Å². The first-order chi connectivity index (χ1) is 8.80. The molecule has 0 aliphatic carbocycles. The summed E-state index contributed by atoms with van der Waals surface area (Å²) in [7, 11) is 3.24. The molecule has 18 heavy (non-hydrogen) atoms. The topological polar surface area (TPSA) is 83.7 Å². The molecule has 0 atom stereocenters. The quantitative estimate of drug-likeness (QED) is 0.875. The van der Waals surface area contributed by atoms with Crippen molar-refractivity contribution in [2.45, 2.75) is 0 Å². The highest BCUT2D eigenvalue weighted by molar-refractivity contribution is 5.71. The summed E-state index contributed by atoms with van der Waals surface area (Å²) in [6.45, 7) is 0. The molecule has 0 unspecified atom stereocenters. The Bertz CT molecular complexity index is 606. The van der Waals surface area contributed by atoms with Crippen LogP contribution in [0.15, 0.2) is 24.5 Å². The van der Waals surface area contributed by atoms with Gasteiger partial charge in [0.05, 0.1) is 30.1 Å². The maximum Gasteiger partial charge on any atom is 0.223 e. The fourth-order valence-electron chi connectivity index (χ4n) is 1.52. The van der Waals surface area contributed by atoms with E-state index in [1.807, 2.05) is 0 Å². The molecule has 0 bridgehead atoms. The molecule has 0 amide bonds. The number of nitriles is 1. The second-order valence-electron chi connectivity index (χ2n) is 3.38. The molecule has 0 fully saturated rings. The molecule has 2 aromatic rings. The van der Waals surface area contributed by atoms with E-state index in [2.05, 4.69) is 26.3 Å². The predicted molar refractivity (Wildman–Crippen MR) is 66.1 cm³/mol. The molecule has 0 radical (unpaired) electrons. The van der Waals surface area contributed by atoms with Gasteiger partial charge in [0, 0.05) is 13.2 Å². The van der Waals surface area contributed by atoms with E-state index < -0.39 is 0 Å². The van der Waals surface area contributed by atoms with Crippen molar-refractivity contribution in [1.29, 1.82) is 5.26 Å². The molecule has 0 aliphatic heterocycles. The summed E-state index contributed by atoms with van der Waals surface area (Å²) >= 11 is 0. The highest BCUT2D eigenvalue weighted by atomic mass is 16.5. The maximum atomic E-state index is 9.10. The first-order valence-corrected chi connectivity index (χ1v) is 5.24. The Morgan fingerprint density at radius 3 is 2.89 bits per heavy atom. The molecule has 0 saturated carbocycles. The first-order valence-electron chi connectivity index (χ1n) is 5.24. The summed E-state index contributed by atoms with van der Waals surface area (Å²) in [5.74, 6) is 0.865. The molecule has 1 N–H and O–H groups in total. The van der Waals surface area contributed by atoms with Gasteiger partial charge in [-0.2, -0.15) is 5.26 Å². The van der Waals surface area contributed by atoms with Gasteiger partial charge in [0.2, 0.25) is 11.8 Å². The third-order valence-corrected chi connectivity index (χ3v) is 2.35. The smallest absolute Gasteiger partial charge is 0.223 e. The van der Waals surface area contributed by atoms with Gasteiger partial charge in [-0.15, -0.1) is 0 Å². The number of nitrogens with zero attached hydrogens (tertiary/aromatic N) is 4. The second kappa shape index (κ2) is 5.10. The number of hydrogen-bond donors (Lipinski definition) is 1. The number of anilines is 1. The van der Waals surface area contributed by atoms with Crippen LogP contribution >= 0.6 is 0 Å². The van der Waals surface area contributed by atoms with Gasteiger partial charge < -0.3 is 10.1 Å². The molecule has 6 heteroatoms. The van der Waals surface area contributed by atoms with E-state index in [0.29, 0.717) is 28.6 Å². The lowest BCUT2D eigenvalue weighted by Gasteiger charge is -2.08. The Hall–Kier alpha value is -2.68. The standard InChI is InChI=1S/C12H11N5O/c1-14-12-16-7-8(6-13)10(17-12)9-4-3-5-15-11(9)18-2/h3-5,7H,1-2H3,(H,14,16,17). The van der Waals surface area contributed by atoms with E-state index in [4.69, 9.17) is 10.00 Å². The average molecular weight is 241 g/mol. The Morgan fingerprint density at radius 2 is 2.22 bits per heavy atom. The number of aromatic nitrogens is 3. The number of ether oxygens (including phenoxy) is 1. The van der Waals surface area contributed by atoms with Crippen LogP contribution in [0.25, 0.3) is 11.3 Å². The Kier molecular flexibility index (Phi) is 3.34. The van der Waals surface area contributed by atoms with Gasteiger partial charge >= 0.3 is 0 Å². The van der Waals surface area contributed by atoms with Crippen LogP contribution in [0.5, 0.6) is 5.88 Å². The van der Waals surface area contributed by atoms with Crippen LogP contribution in [-0.2, 0) is 0 Å².